The van der Waals surface area contributed by atoms with Crippen LogP contribution in [0.15, 0.2) is 12.2 Å². The van der Waals surface area contributed by atoms with E-state index in [1.165, 1.54) is 128 Å². The highest BCUT2D eigenvalue weighted by atomic mass is 16.7. The number of aliphatic hydroxyl groups excluding tert-OH is 7. The molecule has 1 aliphatic rings. The molecule has 9 atom stereocenters. The maximum absolute atomic E-state index is 13.0. The van der Waals surface area contributed by atoms with E-state index < -0.39 is 74.2 Å². The number of ether oxygens (including phenoxy) is 2. The van der Waals surface area contributed by atoms with E-state index in [1.54, 1.807) is 0 Å². The SMILES string of the molecule is CCCC/C=C\CCCCCC(O)C(=O)NC(COC1OC(CO)C(O)C(O)C1O)C(O)C(O)CCCCCCCCCCCCCCCCCCCCCCCC. The van der Waals surface area contributed by atoms with Crippen LogP contribution < -0.4 is 5.32 Å². The first-order valence-electron chi connectivity index (χ1n) is 24.1. The molecule has 0 spiro atoms. The Bertz CT molecular complexity index is 954. The molecule has 1 saturated heterocycles. The monoisotopic (exact) mass is 830 g/mol. The molecule has 1 amide bonds. The maximum Gasteiger partial charge on any atom is 0.249 e. The average Bonchev–Trinajstić information content (AvgIpc) is 3.22. The van der Waals surface area contributed by atoms with Gasteiger partial charge in [-0.1, -0.05) is 193 Å². The Morgan fingerprint density at radius 1 is 0.586 bits per heavy atom. The van der Waals surface area contributed by atoms with Crippen LogP contribution >= 0.6 is 0 Å². The molecular weight excluding hydrogens is 739 g/mol. The Morgan fingerprint density at radius 2 is 1.02 bits per heavy atom. The van der Waals surface area contributed by atoms with Gasteiger partial charge in [0.2, 0.25) is 5.91 Å². The largest absolute Gasteiger partial charge is 0.394 e. The van der Waals surface area contributed by atoms with Crippen molar-refractivity contribution < 1.29 is 50.0 Å². The van der Waals surface area contributed by atoms with Crippen LogP contribution in [-0.4, -0.2) is 110 Å². The van der Waals surface area contributed by atoms with Gasteiger partial charge in [-0.2, -0.15) is 0 Å². The molecule has 0 aromatic rings. The highest BCUT2D eigenvalue weighted by molar-refractivity contribution is 5.80. The zero-order valence-corrected chi connectivity index (χ0v) is 37.0. The predicted octanol–water partition coefficient (Wildman–Crippen LogP) is 8.06. The number of hydrogen-bond donors (Lipinski definition) is 8. The van der Waals surface area contributed by atoms with E-state index in [0.29, 0.717) is 19.3 Å². The summed E-state index contributed by atoms with van der Waals surface area (Å²) in [5.74, 6) is -0.711. The predicted molar refractivity (Wildman–Crippen MR) is 233 cm³/mol. The van der Waals surface area contributed by atoms with Crippen molar-refractivity contribution in [3.05, 3.63) is 12.2 Å². The molecule has 1 aliphatic heterocycles. The van der Waals surface area contributed by atoms with Crippen molar-refractivity contribution in [1.29, 1.82) is 0 Å². The first-order chi connectivity index (χ1) is 28.2. The summed E-state index contributed by atoms with van der Waals surface area (Å²) in [6.07, 6.45) is 28.6. The minimum atomic E-state index is -1.66. The van der Waals surface area contributed by atoms with Crippen LogP contribution in [0.3, 0.4) is 0 Å². The number of carbonyl (C=O) groups is 1. The second kappa shape index (κ2) is 37.6. The lowest BCUT2D eigenvalue weighted by Gasteiger charge is -2.40. The summed E-state index contributed by atoms with van der Waals surface area (Å²) in [4.78, 5) is 13.0. The van der Waals surface area contributed by atoms with Crippen molar-refractivity contribution in [1.82, 2.24) is 5.32 Å². The number of rotatable bonds is 40. The molecule has 8 N–H and O–H groups in total. The summed E-state index contributed by atoms with van der Waals surface area (Å²) >= 11 is 0. The smallest absolute Gasteiger partial charge is 0.249 e. The van der Waals surface area contributed by atoms with E-state index in [4.69, 9.17) is 9.47 Å². The average molecular weight is 830 g/mol. The van der Waals surface area contributed by atoms with E-state index >= 15 is 0 Å². The van der Waals surface area contributed by atoms with Gasteiger partial charge < -0.3 is 50.5 Å². The van der Waals surface area contributed by atoms with E-state index in [2.05, 4.69) is 31.3 Å². The topological polar surface area (TPSA) is 189 Å². The van der Waals surface area contributed by atoms with Gasteiger partial charge in [0.15, 0.2) is 6.29 Å². The van der Waals surface area contributed by atoms with Crippen LogP contribution in [0, 0.1) is 0 Å². The summed E-state index contributed by atoms with van der Waals surface area (Å²) in [5.41, 5.74) is 0. The molecule has 11 heteroatoms. The fourth-order valence-electron chi connectivity index (χ4n) is 7.77. The van der Waals surface area contributed by atoms with Crippen LogP contribution in [0.2, 0.25) is 0 Å². The minimum absolute atomic E-state index is 0.240. The molecule has 11 nitrogen and oxygen atoms in total. The first-order valence-corrected chi connectivity index (χ1v) is 24.1. The van der Waals surface area contributed by atoms with Crippen LogP contribution in [0.25, 0.3) is 0 Å². The van der Waals surface area contributed by atoms with Gasteiger partial charge in [-0.05, 0) is 32.1 Å². The van der Waals surface area contributed by atoms with E-state index in [9.17, 15) is 40.5 Å². The van der Waals surface area contributed by atoms with Crippen LogP contribution in [0.1, 0.15) is 213 Å². The lowest BCUT2D eigenvalue weighted by molar-refractivity contribution is -0.303. The number of unbranched alkanes of at least 4 members (excludes halogenated alkanes) is 26. The summed E-state index contributed by atoms with van der Waals surface area (Å²) in [6.45, 7) is 3.38. The highest BCUT2D eigenvalue weighted by Crippen LogP contribution is 2.23. The summed E-state index contributed by atoms with van der Waals surface area (Å²) in [6, 6.07) is -1.17. The fraction of sp³-hybridized carbons (Fsp3) is 0.936. The molecule has 0 aliphatic carbocycles. The molecule has 0 radical (unpaired) electrons. The van der Waals surface area contributed by atoms with Crippen LogP contribution in [0.4, 0.5) is 0 Å². The maximum atomic E-state index is 13.0. The quantitative estimate of drug-likeness (QED) is 0.0222. The highest BCUT2D eigenvalue weighted by Gasteiger charge is 2.44. The van der Waals surface area contributed by atoms with Crippen molar-refractivity contribution in [2.45, 2.75) is 268 Å². The number of allylic oxidation sites excluding steroid dienone is 2. The molecule has 0 bridgehead atoms. The zero-order chi connectivity index (χ0) is 42.6. The number of carbonyl (C=O) groups excluding carboxylic acids is 1. The first kappa shape index (κ1) is 54.9. The summed E-state index contributed by atoms with van der Waals surface area (Å²) in [7, 11) is 0. The Hall–Kier alpha value is -1.15. The minimum Gasteiger partial charge on any atom is -0.394 e. The molecular formula is C47H91NO10. The van der Waals surface area contributed by atoms with Crippen LogP contribution in [-0.2, 0) is 14.3 Å². The molecule has 344 valence electrons. The van der Waals surface area contributed by atoms with Crippen molar-refractivity contribution >= 4 is 5.91 Å². The van der Waals surface area contributed by atoms with Crippen molar-refractivity contribution in [3.8, 4) is 0 Å². The van der Waals surface area contributed by atoms with Gasteiger partial charge in [-0.3, -0.25) is 4.79 Å². The Morgan fingerprint density at radius 3 is 1.50 bits per heavy atom. The van der Waals surface area contributed by atoms with Gasteiger partial charge in [0.05, 0.1) is 25.4 Å². The molecule has 58 heavy (non-hydrogen) atoms. The molecule has 9 unspecified atom stereocenters. The van der Waals surface area contributed by atoms with E-state index in [-0.39, 0.29) is 6.42 Å². The molecule has 1 heterocycles. The van der Waals surface area contributed by atoms with Gasteiger partial charge in [0.1, 0.15) is 36.6 Å². The third-order valence-corrected chi connectivity index (χ3v) is 11.8. The van der Waals surface area contributed by atoms with E-state index in [0.717, 1.165) is 44.9 Å². The standard InChI is InChI=1S/C47H91NO10/c1-3-5-7-9-11-13-14-15-16-17-18-19-20-21-22-23-24-25-27-28-30-32-34-39(50)42(52)38(37-57-47-45(55)44(54)43(53)41(36-49)58-47)48-46(56)40(51)35-33-31-29-26-12-10-8-6-4-2/h10,12,38-45,47,49-55H,3-9,11,13-37H2,1-2H3,(H,48,56)/b12-10-. The van der Waals surface area contributed by atoms with Gasteiger partial charge in [0, 0.05) is 0 Å². The number of amides is 1. The summed E-state index contributed by atoms with van der Waals surface area (Å²) in [5, 5.41) is 75.5. The Balaban J connectivity index is 2.35. The third kappa shape index (κ3) is 26.9. The third-order valence-electron chi connectivity index (χ3n) is 11.8. The fourth-order valence-corrected chi connectivity index (χ4v) is 7.77. The molecule has 0 aromatic heterocycles. The summed E-state index contributed by atoms with van der Waals surface area (Å²) < 4.78 is 11.1. The lowest BCUT2D eigenvalue weighted by Crippen LogP contribution is -2.60. The second-order valence-electron chi connectivity index (χ2n) is 17.2. The van der Waals surface area contributed by atoms with Crippen molar-refractivity contribution in [2.24, 2.45) is 0 Å². The normalized spacial score (nSPS) is 22.0. The van der Waals surface area contributed by atoms with Crippen LogP contribution in [0.5, 0.6) is 0 Å². The van der Waals surface area contributed by atoms with Gasteiger partial charge in [-0.15, -0.1) is 0 Å². The molecule has 0 aromatic carbocycles. The second-order valence-corrected chi connectivity index (χ2v) is 17.2. The zero-order valence-electron chi connectivity index (χ0n) is 37.0. The van der Waals surface area contributed by atoms with Crippen molar-refractivity contribution in [3.63, 3.8) is 0 Å². The van der Waals surface area contributed by atoms with Gasteiger partial charge >= 0.3 is 0 Å². The van der Waals surface area contributed by atoms with Crippen molar-refractivity contribution in [2.75, 3.05) is 13.2 Å². The number of aliphatic hydroxyl groups is 7. The molecule has 0 saturated carbocycles. The number of hydrogen-bond acceptors (Lipinski definition) is 10. The van der Waals surface area contributed by atoms with Gasteiger partial charge in [0.25, 0.3) is 0 Å². The van der Waals surface area contributed by atoms with E-state index in [1.807, 2.05) is 0 Å². The number of nitrogens with one attached hydrogen (secondary N) is 1. The lowest BCUT2D eigenvalue weighted by atomic mass is 9.98. The Labute approximate surface area is 353 Å². The molecule has 1 fully saturated rings. The molecule has 1 rings (SSSR count). The van der Waals surface area contributed by atoms with Gasteiger partial charge in [-0.25, -0.2) is 0 Å². The Kier molecular flexibility index (Phi) is 35.6.